The Bertz CT molecular complexity index is 971. The summed E-state index contributed by atoms with van der Waals surface area (Å²) in [6.45, 7) is 6.27. The predicted octanol–water partition coefficient (Wildman–Crippen LogP) is 3.96. The second-order valence-electron chi connectivity index (χ2n) is 6.59. The summed E-state index contributed by atoms with van der Waals surface area (Å²) in [7, 11) is -3.67. The van der Waals surface area contributed by atoms with E-state index < -0.39 is 10.0 Å². The van der Waals surface area contributed by atoms with Crippen LogP contribution in [0.5, 0.6) is 0 Å². The Morgan fingerprint density at radius 1 is 1.19 bits per heavy atom. The molecule has 1 aliphatic heterocycles. The molecule has 2 aromatic carbocycles. The van der Waals surface area contributed by atoms with Gasteiger partial charge in [0.05, 0.1) is 15.5 Å². The summed E-state index contributed by atoms with van der Waals surface area (Å²) in [6.07, 6.45) is 0.761. The summed E-state index contributed by atoms with van der Waals surface area (Å²) < 4.78 is 27.0. The highest BCUT2D eigenvalue weighted by Gasteiger charge is 2.33. The molecule has 5 nitrogen and oxygen atoms in total. The highest BCUT2D eigenvalue weighted by atomic mass is 35.5. The molecule has 1 aliphatic rings. The van der Waals surface area contributed by atoms with Crippen LogP contribution in [0.2, 0.25) is 5.02 Å². The number of hydrogen-bond donors (Lipinski definition) is 0. The summed E-state index contributed by atoms with van der Waals surface area (Å²) in [4.78, 5) is 15.0. The van der Waals surface area contributed by atoms with E-state index in [4.69, 9.17) is 11.6 Å². The van der Waals surface area contributed by atoms with E-state index in [0.717, 1.165) is 17.7 Å². The fraction of sp³-hybridized carbons (Fsp3) is 0.350. The van der Waals surface area contributed by atoms with E-state index in [9.17, 15) is 13.2 Å². The molecule has 0 aromatic heterocycles. The number of sulfonamides is 1. The smallest absolute Gasteiger partial charge is 0.260 e. The average molecular weight is 407 g/mol. The van der Waals surface area contributed by atoms with Crippen molar-refractivity contribution in [3.63, 3.8) is 0 Å². The van der Waals surface area contributed by atoms with Crippen molar-refractivity contribution in [1.82, 2.24) is 4.31 Å². The van der Waals surface area contributed by atoms with E-state index in [0.29, 0.717) is 13.1 Å². The maximum Gasteiger partial charge on any atom is 0.260 e. The number of rotatable bonds is 5. The molecule has 1 heterocycles. The number of carbonyl (C=O) groups excluding carboxylic acids is 1. The van der Waals surface area contributed by atoms with Gasteiger partial charge in [-0.3, -0.25) is 4.79 Å². The number of amides is 1. The van der Waals surface area contributed by atoms with Gasteiger partial charge in [-0.15, -0.1) is 0 Å². The largest absolute Gasteiger partial charge is 0.305 e. The Labute approximate surface area is 165 Å². The number of anilines is 1. The van der Waals surface area contributed by atoms with Gasteiger partial charge >= 0.3 is 0 Å². The topological polar surface area (TPSA) is 57.7 Å². The fourth-order valence-corrected chi connectivity index (χ4v) is 5.23. The van der Waals surface area contributed by atoms with E-state index in [-0.39, 0.29) is 27.4 Å². The molecule has 0 spiro atoms. The lowest BCUT2D eigenvalue weighted by Crippen LogP contribution is -2.36. The van der Waals surface area contributed by atoms with Crippen molar-refractivity contribution < 1.29 is 13.2 Å². The Hall–Kier alpha value is -1.89. The minimum absolute atomic E-state index is 0.0194. The predicted molar refractivity (Wildman–Crippen MR) is 108 cm³/mol. The molecule has 0 radical (unpaired) electrons. The molecule has 0 fully saturated rings. The first-order valence-corrected chi connectivity index (χ1v) is 10.8. The summed E-state index contributed by atoms with van der Waals surface area (Å²) in [6, 6.07) is 12.1. The molecule has 1 amide bonds. The zero-order valence-electron chi connectivity index (χ0n) is 15.6. The molecule has 0 saturated carbocycles. The molecule has 3 rings (SSSR count). The van der Waals surface area contributed by atoms with Crippen LogP contribution in [0.1, 0.15) is 36.7 Å². The Morgan fingerprint density at radius 2 is 1.85 bits per heavy atom. The quantitative estimate of drug-likeness (QED) is 0.755. The monoisotopic (exact) mass is 406 g/mol. The molecule has 2 aromatic rings. The van der Waals surface area contributed by atoms with Gasteiger partial charge in [0.1, 0.15) is 0 Å². The van der Waals surface area contributed by atoms with Crippen LogP contribution < -0.4 is 4.90 Å². The van der Waals surface area contributed by atoms with Crippen LogP contribution >= 0.6 is 11.6 Å². The average Bonchev–Trinajstić information content (AvgIpc) is 2.97. The van der Waals surface area contributed by atoms with Crippen LogP contribution in [0.4, 0.5) is 5.69 Å². The fourth-order valence-electron chi connectivity index (χ4n) is 3.55. The van der Waals surface area contributed by atoms with Gasteiger partial charge in [0, 0.05) is 24.8 Å². The van der Waals surface area contributed by atoms with Crippen molar-refractivity contribution in [2.24, 2.45) is 0 Å². The van der Waals surface area contributed by atoms with E-state index >= 15 is 0 Å². The molecule has 0 aliphatic carbocycles. The zero-order valence-corrected chi connectivity index (χ0v) is 17.2. The third kappa shape index (κ3) is 3.49. The van der Waals surface area contributed by atoms with Crippen LogP contribution in [0.15, 0.2) is 47.4 Å². The van der Waals surface area contributed by atoms with Gasteiger partial charge < -0.3 is 4.90 Å². The van der Waals surface area contributed by atoms with Crippen LogP contribution in [-0.2, 0) is 16.4 Å². The number of benzene rings is 2. The van der Waals surface area contributed by atoms with Crippen molar-refractivity contribution in [3.8, 4) is 0 Å². The molecular formula is C20H23ClN2O3S. The van der Waals surface area contributed by atoms with Gasteiger partial charge in [-0.25, -0.2) is 8.42 Å². The summed E-state index contributed by atoms with van der Waals surface area (Å²) in [5.74, 6) is -0.283. The summed E-state index contributed by atoms with van der Waals surface area (Å²) in [5, 5.41) is 0.245. The number of carbonyl (C=O) groups is 1. The second-order valence-corrected chi connectivity index (χ2v) is 8.93. The van der Waals surface area contributed by atoms with Crippen LogP contribution in [0.25, 0.3) is 0 Å². The third-order valence-electron chi connectivity index (χ3n) is 4.94. The highest BCUT2D eigenvalue weighted by Crippen LogP contribution is 2.34. The number of hydrogen-bond acceptors (Lipinski definition) is 3. The molecule has 7 heteroatoms. The van der Waals surface area contributed by atoms with Gasteiger partial charge in [-0.2, -0.15) is 4.31 Å². The third-order valence-corrected chi connectivity index (χ3v) is 7.31. The second kappa shape index (κ2) is 7.62. The normalized spacial score (nSPS) is 16.6. The molecule has 0 bridgehead atoms. The Kier molecular flexibility index (Phi) is 5.60. The molecule has 0 N–H and O–H groups in total. The van der Waals surface area contributed by atoms with E-state index in [1.165, 1.54) is 22.5 Å². The van der Waals surface area contributed by atoms with Gasteiger partial charge in [0.25, 0.3) is 5.91 Å². The van der Waals surface area contributed by atoms with Crippen molar-refractivity contribution in [2.75, 3.05) is 18.0 Å². The maximum absolute atomic E-state index is 13.3. The van der Waals surface area contributed by atoms with Crippen LogP contribution in [0, 0.1) is 0 Å². The maximum atomic E-state index is 13.3. The molecule has 27 heavy (non-hydrogen) atoms. The molecule has 0 saturated heterocycles. The molecule has 144 valence electrons. The van der Waals surface area contributed by atoms with Crippen molar-refractivity contribution >= 4 is 33.2 Å². The number of nitrogens with zero attached hydrogens (tertiary/aromatic N) is 2. The van der Waals surface area contributed by atoms with Crippen molar-refractivity contribution in [2.45, 2.75) is 38.1 Å². The van der Waals surface area contributed by atoms with Crippen molar-refractivity contribution in [3.05, 3.63) is 58.6 Å². The van der Waals surface area contributed by atoms with Gasteiger partial charge in [-0.05, 0) is 43.2 Å². The number of para-hydroxylation sites is 1. The van der Waals surface area contributed by atoms with Gasteiger partial charge in [0.2, 0.25) is 10.0 Å². The Morgan fingerprint density at radius 3 is 2.52 bits per heavy atom. The standard InChI is InChI=1S/C20H23ClN2O3S/c1-4-22(5-2)27(25,26)16-10-11-18(21)17(13-16)20(24)23-14(3)12-15-8-6-7-9-19(15)23/h6-11,13-14H,4-5,12H2,1-3H3/t14-/m1/s1. The first-order valence-electron chi connectivity index (χ1n) is 9.02. The molecule has 1 atom stereocenters. The first-order chi connectivity index (χ1) is 12.8. The van der Waals surface area contributed by atoms with Crippen LogP contribution in [0.3, 0.4) is 0 Å². The lowest BCUT2D eigenvalue weighted by atomic mass is 10.1. The van der Waals surface area contributed by atoms with Gasteiger partial charge in [-0.1, -0.05) is 43.6 Å². The van der Waals surface area contributed by atoms with Gasteiger partial charge in [0.15, 0.2) is 0 Å². The SMILES string of the molecule is CCN(CC)S(=O)(=O)c1ccc(Cl)c(C(=O)N2c3ccccc3C[C@H]2C)c1. The van der Waals surface area contributed by atoms with Crippen molar-refractivity contribution in [1.29, 1.82) is 0 Å². The van der Waals surface area contributed by atoms with E-state index in [1.807, 2.05) is 31.2 Å². The minimum atomic E-state index is -3.67. The number of fused-ring (bicyclic) bond motifs is 1. The number of halogens is 1. The summed E-state index contributed by atoms with van der Waals surface area (Å²) in [5.41, 5.74) is 2.15. The van der Waals surface area contributed by atoms with E-state index in [2.05, 4.69) is 0 Å². The molecule has 0 unspecified atom stereocenters. The minimum Gasteiger partial charge on any atom is -0.305 e. The van der Waals surface area contributed by atoms with Crippen LogP contribution in [-0.4, -0.2) is 37.8 Å². The molecular weight excluding hydrogens is 384 g/mol. The lowest BCUT2D eigenvalue weighted by Gasteiger charge is -2.24. The zero-order chi connectivity index (χ0) is 19.8. The first kappa shape index (κ1) is 19.9. The Balaban J connectivity index is 2.04. The van der Waals surface area contributed by atoms with E-state index in [1.54, 1.807) is 18.7 Å². The summed E-state index contributed by atoms with van der Waals surface area (Å²) >= 11 is 6.29. The highest BCUT2D eigenvalue weighted by molar-refractivity contribution is 7.89. The lowest BCUT2D eigenvalue weighted by molar-refractivity contribution is 0.0981.